The smallest absolute Gasteiger partial charge is 0.180 e. The number of hydrogen-bond acceptors (Lipinski definition) is 6. The van der Waals surface area contributed by atoms with E-state index in [0.717, 1.165) is 52.7 Å². The third-order valence-electron chi connectivity index (χ3n) is 7.52. The maximum atomic E-state index is 13.5. The number of Topliss-reactive ketones (excluding diaryl/α,β-unsaturated/α-hetero) is 2. The Hall–Kier alpha value is -2.61. The molecule has 8 heteroatoms. The lowest BCUT2D eigenvalue weighted by Gasteiger charge is -2.44. The monoisotopic (exact) mass is 599 g/mol. The van der Waals surface area contributed by atoms with E-state index >= 15 is 0 Å². The summed E-state index contributed by atoms with van der Waals surface area (Å²) in [6.45, 7) is 1.44. The Kier molecular flexibility index (Phi) is 8.26. The molecule has 2 aromatic carbocycles. The van der Waals surface area contributed by atoms with Gasteiger partial charge in [0.05, 0.1) is 18.7 Å². The number of ether oxygens (including phenoxy) is 3. The van der Waals surface area contributed by atoms with Crippen LogP contribution in [-0.4, -0.2) is 43.8 Å². The summed E-state index contributed by atoms with van der Waals surface area (Å²) in [6.07, 6.45) is 4.14. The van der Waals surface area contributed by atoms with Crippen LogP contribution in [0.4, 0.5) is 0 Å². The predicted octanol–water partition coefficient (Wildman–Crippen LogP) is 6.75. The van der Waals surface area contributed by atoms with Gasteiger partial charge >= 0.3 is 0 Å². The van der Waals surface area contributed by atoms with Crippen molar-refractivity contribution in [3.05, 3.63) is 79.6 Å². The highest BCUT2D eigenvalue weighted by Crippen LogP contribution is 2.51. The summed E-state index contributed by atoms with van der Waals surface area (Å²) < 4.78 is 18.2. The third kappa shape index (κ3) is 5.04. The Labute approximate surface area is 236 Å². The fourth-order valence-corrected chi connectivity index (χ4v) is 6.49. The average Bonchev–Trinajstić information content (AvgIpc) is 2.91. The number of hydrogen-bond donors (Lipinski definition) is 0. The number of carbonyl (C=O) groups is 2. The SMILES string of the molecule is COCCN1C2=C(C(=O)CCC2)C(c2cc(Cl)c(OCc3ccccc3Br)c(OC)c2)C2=C1CCCC2=O. The van der Waals surface area contributed by atoms with Gasteiger partial charge in [0.2, 0.25) is 0 Å². The van der Waals surface area contributed by atoms with Crippen molar-refractivity contribution >= 4 is 39.1 Å². The van der Waals surface area contributed by atoms with E-state index in [-0.39, 0.29) is 11.6 Å². The van der Waals surface area contributed by atoms with Gasteiger partial charge < -0.3 is 19.1 Å². The second-order valence-electron chi connectivity index (χ2n) is 9.77. The van der Waals surface area contributed by atoms with E-state index in [2.05, 4.69) is 20.8 Å². The van der Waals surface area contributed by atoms with E-state index in [0.29, 0.717) is 60.3 Å². The number of methoxy groups -OCH3 is 2. The molecule has 2 aromatic rings. The minimum Gasteiger partial charge on any atom is -0.493 e. The Morgan fingerprint density at radius 1 is 0.974 bits per heavy atom. The second-order valence-corrected chi connectivity index (χ2v) is 11.0. The first-order valence-electron chi connectivity index (χ1n) is 13.0. The van der Waals surface area contributed by atoms with Crippen molar-refractivity contribution in [2.24, 2.45) is 0 Å². The van der Waals surface area contributed by atoms with E-state index < -0.39 is 5.92 Å². The van der Waals surface area contributed by atoms with Crippen molar-refractivity contribution in [2.75, 3.05) is 27.4 Å². The number of halogens is 2. The van der Waals surface area contributed by atoms with Crippen LogP contribution in [0, 0.1) is 0 Å². The Morgan fingerprint density at radius 2 is 1.63 bits per heavy atom. The zero-order valence-electron chi connectivity index (χ0n) is 21.6. The van der Waals surface area contributed by atoms with Crippen molar-refractivity contribution in [3.8, 4) is 11.5 Å². The quantitative estimate of drug-likeness (QED) is 0.334. The molecule has 0 bridgehead atoms. The Bertz CT molecular complexity index is 1290. The Balaban J connectivity index is 1.60. The highest BCUT2D eigenvalue weighted by molar-refractivity contribution is 9.10. The molecule has 0 spiro atoms. The fourth-order valence-electron chi connectivity index (χ4n) is 5.81. The largest absolute Gasteiger partial charge is 0.493 e. The van der Waals surface area contributed by atoms with E-state index in [1.54, 1.807) is 14.2 Å². The molecule has 5 rings (SSSR count). The van der Waals surface area contributed by atoms with Crippen LogP contribution in [0.5, 0.6) is 11.5 Å². The van der Waals surface area contributed by atoms with Gasteiger partial charge in [0.25, 0.3) is 0 Å². The number of benzene rings is 2. The van der Waals surface area contributed by atoms with E-state index in [9.17, 15) is 9.59 Å². The molecule has 0 unspecified atom stereocenters. The van der Waals surface area contributed by atoms with Gasteiger partial charge in [0.15, 0.2) is 23.1 Å². The number of nitrogens with zero attached hydrogens (tertiary/aromatic N) is 1. The van der Waals surface area contributed by atoms with Crippen LogP contribution in [0.25, 0.3) is 0 Å². The molecule has 0 atom stereocenters. The molecule has 0 radical (unpaired) electrons. The number of carbonyl (C=O) groups excluding carboxylic acids is 2. The van der Waals surface area contributed by atoms with Gasteiger partial charge in [-0.25, -0.2) is 0 Å². The van der Waals surface area contributed by atoms with Gasteiger partial charge in [-0.2, -0.15) is 0 Å². The molecular formula is C30H31BrClNO5. The molecular weight excluding hydrogens is 570 g/mol. The molecule has 200 valence electrons. The summed E-state index contributed by atoms with van der Waals surface area (Å²) in [5.41, 5.74) is 5.20. The lowest BCUT2D eigenvalue weighted by atomic mass is 9.71. The first-order chi connectivity index (χ1) is 18.4. The molecule has 0 fully saturated rings. The van der Waals surface area contributed by atoms with Gasteiger partial charge in [0.1, 0.15) is 6.61 Å². The van der Waals surface area contributed by atoms with Crippen molar-refractivity contribution in [3.63, 3.8) is 0 Å². The van der Waals surface area contributed by atoms with Gasteiger partial charge in [-0.05, 0) is 49.4 Å². The maximum Gasteiger partial charge on any atom is 0.180 e. The van der Waals surface area contributed by atoms with Gasteiger partial charge in [-0.3, -0.25) is 9.59 Å². The highest BCUT2D eigenvalue weighted by Gasteiger charge is 2.43. The van der Waals surface area contributed by atoms with Crippen LogP contribution >= 0.6 is 27.5 Å². The van der Waals surface area contributed by atoms with E-state index in [1.165, 1.54) is 0 Å². The molecule has 0 amide bonds. The average molecular weight is 601 g/mol. The Morgan fingerprint density at radius 3 is 2.24 bits per heavy atom. The molecule has 6 nitrogen and oxygen atoms in total. The number of ketones is 2. The molecule has 0 N–H and O–H groups in total. The molecule has 1 aliphatic heterocycles. The van der Waals surface area contributed by atoms with Crippen LogP contribution in [0.1, 0.15) is 55.6 Å². The first-order valence-corrected chi connectivity index (χ1v) is 14.1. The van der Waals surface area contributed by atoms with Crippen LogP contribution in [0.2, 0.25) is 5.02 Å². The van der Waals surface area contributed by atoms with Crippen LogP contribution < -0.4 is 9.47 Å². The van der Waals surface area contributed by atoms with Crippen LogP contribution in [0.3, 0.4) is 0 Å². The summed E-state index contributed by atoms with van der Waals surface area (Å²) >= 11 is 10.4. The van der Waals surface area contributed by atoms with Gasteiger partial charge in [-0.15, -0.1) is 0 Å². The van der Waals surface area contributed by atoms with Crippen LogP contribution in [-0.2, 0) is 20.9 Å². The summed E-state index contributed by atoms with van der Waals surface area (Å²) in [7, 11) is 3.24. The topological polar surface area (TPSA) is 65.1 Å². The molecule has 0 saturated heterocycles. The molecule has 1 heterocycles. The molecule has 0 saturated carbocycles. The minimum atomic E-state index is -0.469. The lowest BCUT2D eigenvalue weighted by Crippen LogP contribution is -2.40. The number of allylic oxidation sites excluding steroid dienone is 4. The van der Waals surface area contributed by atoms with E-state index in [4.69, 9.17) is 25.8 Å². The van der Waals surface area contributed by atoms with Gasteiger partial charge in [0, 0.05) is 65.0 Å². The molecule has 3 aliphatic rings. The predicted molar refractivity (Wildman–Crippen MR) is 150 cm³/mol. The van der Waals surface area contributed by atoms with Crippen molar-refractivity contribution < 1.29 is 23.8 Å². The summed E-state index contributed by atoms with van der Waals surface area (Å²) in [6, 6.07) is 11.5. The maximum absolute atomic E-state index is 13.5. The number of rotatable bonds is 8. The molecule has 2 aliphatic carbocycles. The fraction of sp³-hybridized carbons (Fsp3) is 0.400. The lowest BCUT2D eigenvalue weighted by molar-refractivity contribution is -0.117. The standard InChI is InChI=1S/C30H31BrClNO5/c1-36-14-13-33-22-9-5-11-24(34)28(22)27(29-23(33)10-6-12-25(29)35)19-15-21(32)30(26(16-19)37-2)38-17-18-7-3-4-8-20(18)31/h3-4,7-8,15-16,27H,5-6,9-14,17H2,1-2H3. The van der Waals surface area contributed by atoms with Crippen molar-refractivity contribution in [1.82, 2.24) is 4.90 Å². The van der Waals surface area contributed by atoms with E-state index in [1.807, 2.05) is 36.4 Å². The normalized spacial score (nSPS) is 18.1. The summed E-state index contributed by atoms with van der Waals surface area (Å²) in [5, 5.41) is 0.379. The van der Waals surface area contributed by atoms with Crippen molar-refractivity contribution in [2.45, 2.75) is 51.0 Å². The minimum absolute atomic E-state index is 0.0907. The summed E-state index contributed by atoms with van der Waals surface area (Å²) in [5.74, 6) is 0.612. The zero-order valence-corrected chi connectivity index (χ0v) is 24.0. The highest BCUT2D eigenvalue weighted by atomic mass is 79.9. The first kappa shape index (κ1) is 27.0. The van der Waals surface area contributed by atoms with Crippen molar-refractivity contribution in [1.29, 1.82) is 0 Å². The van der Waals surface area contributed by atoms with Gasteiger partial charge in [-0.1, -0.05) is 45.7 Å². The molecule has 0 aromatic heterocycles. The van der Waals surface area contributed by atoms with Crippen LogP contribution in [0.15, 0.2) is 63.4 Å². The second kappa shape index (κ2) is 11.6. The summed E-state index contributed by atoms with van der Waals surface area (Å²) in [4.78, 5) is 29.1. The molecule has 38 heavy (non-hydrogen) atoms. The third-order valence-corrected chi connectivity index (χ3v) is 8.57. The zero-order chi connectivity index (χ0) is 26.8.